The second kappa shape index (κ2) is 5.99. The number of nitrogens with one attached hydrogen (secondary N) is 1. The average molecular weight is 254 g/mol. The zero-order valence-electron chi connectivity index (χ0n) is 10.5. The Morgan fingerprint density at radius 1 is 1.32 bits per heavy atom. The molecule has 5 heteroatoms. The molecule has 1 N–H and O–H groups in total. The Balaban J connectivity index is 2.23. The molecule has 0 bridgehead atoms. The van der Waals surface area contributed by atoms with E-state index in [0.717, 1.165) is 18.7 Å². The molecule has 0 saturated carbocycles. The van der Waals surface area contributed by atoms with Crippen molar-refractivity contribution in [2.75, 3.05) is 18.0 Å². The van der Waals surface area contributed by atoms with Gasteiger partial charge >= 0.3 is 0 Å². The minimum atomic E-state index is -0.442. The fraction of sp³-hybridized carbons (Fsp3) is 0.357. The number of carbonyl (C=O) groups is 1. The molecule has 0 aromatic heterocycles. The van der Waals surface area contributed by atoms with Crippen molar-refractivity contribution in [3.63, 3.8) is 0 Å². The Labute approximate surface area is 112 Å². The van der Waals surface area contributed by atoms with Gasteiger partial charge in [-0.3, -0.25) is 4.79 Å². The predicted octanol–water partition coefficient (Wildman–Crippen LogP) is 1.17. The summed E-state index contributed by atoms with van der Waals surface area (Å²) in [4.78, 5) is 14.0. The van der Waals surface area contributed by atoms with E-state index < -0.39 is 6.04 Å². The van der Waals surface area contributed by atoms with Crippen LogP contribution in [-0.2, 0) is 4.79 Å². The van der Waals surface area contributed by atoms with Crippen molar-refractivity contribution in [2.24, 2.45) is 0 Å². The van der Waals surface area contributed by atoms with E-state index in [1.165, 1.54) is 0 Å². The molecule has 1 saturated heterocycles. The summed E-state index contributed by atoms with van der Waals surface area (Å²) in [5, 5.41) is 20.6. The van der Waals surface area contributed by atoms with Crippen molar-refractivity contribution in [2.45, 2.75) is 18.9 Å². The third-order valence-corrected chi connectivity index (χ3v) is 3.12. The summed E-state index contributed by atoms with van der Waals surface area (Å²) in [6.07, 6.45) is 1.01. The number of rotatable bonds is 2. The minimum absolute atomic E-state index is 0.0799. The summed E-state index contributed by atoms with van der Waals surface area (Å²) in [7, 11) is 0. The van der Waals surface area contributed by atoms with Crippen LogP contribution in [0.4, 0.5) is 5.69 Å². The minimum Gasteiger partial charge on any atom is -0.311 e. The lowest BCUT2D eigenvalue weighted by Crippen LogP contribution is -2.43. The van der Waals surface area contributed by atoms with Gasteiger partial charge in [-0.15, -0.1) is 0 Å². The number of hydrogen-bond acceptors (Lipinski definition) is 4. The Hall–Kier alpha value is -2.37. The molecule has 0 spiro atoms. The molecule has 1 aliphatic rings. The second-order valence-electron chi connectivity index (χ2n) is 4.37. The highest BCUT2D eigenvalue weighted by Gasteiger charge is 2.27. The molecule has 1 atom stereocenters. The molecule has 2 rings (SSSR count). The third-order valence-electron chi connectivity index (χ3n) is 3.12. The van der Waals surface area contributed by atoms with Crippen LogP contribution in [0.5, 0.6) is 0 Å². The molecule has 0 aliphatic carbocycles. The monoisotopic (exact) mass is 254 g/mol. The van der Waals surface area contributed by atoms with Crippen LogP contribution in [0.2, 0.25) is 0 Å². The first-order valence-electron chi connectivity index (χ1n) is 6.18. The van der Waals surface area contributed by atoms with Crippen LogP contribution < -0.4 is 10.2 Å². The normalized spacial score (nSPS) is 19.4. The SMILES string of the molecule is N#CCC1NCCCN(c2ccc(C#N)cc2)C1=O. The van der Waals surface area contributed by atoms with Crippen molar-refractivity contribution in [1.82, 2.24) is 5.32 Å². The van der Waals surface area contributed by atoms with E-state index in [-0.39, 0.29) is 12.3 Å². The van der Waals surface area contributed by atoms with E-state index in [0.29, 0.717) is 12.1 Å². The van der Waals surface area contributed by atoms with Crippen molar-refractivity contribution in [3.05, 3.63) is 29.8 Å². The van der Waals surface area contributed by atoms with Gasteiger partial charge in [-0.1, -0.05) is 0 Å². The second-order valence-corrected chi connectivity index (χ2v) is 4.37. The van der Waals surface area contributed by atoms with Gasteiger partial charge in [0.25, 0.3) is 0 Å². The van der Waals surface area contributed by atoms with Gasteiger partial charge in [-0.25, -0.2) is 0 Å². The van der Waals surface area contributed by atoms with Crippen LogP contribution in [0.1, 0.15) is 18.4 Å². The van der Waals surface area contributed by atoms with Crippen molar-refractivity contribution in [1.29, 1.82) is 10.5 Å². The number of benzene rings is 1. The van der Waals surface area contributed by atoms with Gasteiger partial charge in [-0.05, 0) is 37.2 Å². The first kappa shape index (κ1) is 13.1. The smallest absolute Gasteiger partial charge is 0.245 e. The Morgan fingerprint density at radius 3 is 2.68 bits per heavy atom. The topological polar surface area (TPSA) is 79.9 Å². The van der Waals surface area contributed by atoms with Gasteiger partial charge in [0, 0.05) is 12.2 Å². The lowest BCUT2D eigenvalue weighted by Gasteiger charge is -2.23. The zero-order chi connectivity index (χ0) is 13.7. The van der Waals surface area contributed by atoms with E-state index in [1.54, 1.807) is 29.2 Å². The first-order valence-corrected chi connectivity index (χ1v) is 6.18. The highest BCUT2D eigenvalue weighted by Crippen LogP contribution is 2.18. The number of nitrogens with zero attached hydrogens (tertiary/aromatic N) is 3. The quantitative estimate of drug-likeness (QED) is 0.859. The van der Waals surface area contributed by atoms with Gasteiger partial charge in [0.1, 0.15) is 6.04 Å². The highest BCUT2D eigenvalue weighted by atomic mass is 16.2. The van der Waals surface area contributed by atoms with Gasteiger partial charge in [-0.2, -0.15) is 10.5 Å². The molecule has 19 heavy (non-hydrogen) atoms. The lowest BCUT2D eigenvalue weighted by molar-refractivity contribution is -0.120. The molecule has 1 amide bonds. The number of nitriles is 2. The summed E-state index contributed by atoms with van der Waals surface area (Å²) in [5.41, 5.74) is 1.34. The Bertz CT molecular complexity index is 538. The molecular weight excluding hydrogens is 240 g/mol. The van der Waals surface area contributed by atoms with Gasteiger partial charge in [0.05, 0.1) is 24.1 Å². The van der Waals surface area contributed by atoms with Crippen LogP contribution >= 0.6 is 0 Å². The van der Waals surface area contributed by atoms with Gasteiger partial charge in [0.15, 0.2) is 0 Å². The molecule has 1 aromatic carbocycles. The Kier molecular flexibility index (Phi) is 4.12. The standard InChI is InChI=1S/C14H14N4O/c15-7-6-13-14(19)18(9-1-8-17-13)12-4-2-11(10-16)3-5-12/h2-5,13,17H,1,6,8-9H2. The van der Waals surface area contributed by atoms with E-state index >= 15 is 0 Å². The number of carbonyl (C=O) groups excluding carboxylic acids is 1. The van der Waals surface area contributed by atoms with Gasteiger partial charge < -0.3 is 10.2 Å². The molecule has 1 aromatic rings. The van der Waals surface area contributed by atoms with E-state index in [4.69, 9.17) is 10.5 Å². The maximum atomic E-state index is 12.3. The summed E-state index contributed by atoms with van der Waals surface area (Å²) >= 11 is 0. The molecule has 96 valence electrons. The van der Waals surface area contributed by atoms with Gasteiger partial charge in [0.2, 0.25) is 5.91 Å². The predicted molar refractivity (Wildman–Crippen MR) is 70.1 cm³/mol. The van der Waals surface area contributed by atoms with Crippen LogP contribution in [0, 0.1) is 22.7 Å². The number of anilines is 1. The zero-order valence-corrected chi connectivity index (χ0v) is 10.5. The summed E-state index contributed by atoms with van der Waals surface area (Å²) < 4.78 is 0. The fourth-order valence-electron chi connectivity index (χ4n) is 2.12. The third kappa shape index (κ3) is 2.90. The van der Waals surface area contributed by atoms with Crippen molar-refractivity contribution in [3.8, 4) is 12.1 Å². The molecule has 1 aliphatic heterocycles. The fourth-order valence-corrected chi connectivity index (χ4v) is 2.12. The molecule has 5 nitrogen and oxygen atoms in total. The summed E-state index contributed by atoms with van der Waals surface area (Å²) in [6, 6.07) is 10.6. The largest absolute Gasteiger partial charge is 0.311 e. The van der Waals surface area contributed by atoms with E-state index in [1.807, 2.05) is 6.07 Å². The molecule has 1 fully saturated rings. The summed E-state index contributed by atoms with van der Waals surface area (Å²) in [5.74, 6) is -0.0799. The number of amides is 1. The molecule has 1 unspecified atom stereocenters. The van der Waals surface area contributed by atoms with Crippen molar-refractivity contribution >= 4 is 11.6 Å². The molecule has 1 heterocycles. The van der Waals surface area contributed by atoms with Crippen LogP contribution in [-0.4, -0.2) is 25.0 Å². The average Bonchev–Trinajstić information content (AvgIpc) is 2.62. The first-order chi connectivity index (χ1) is 9.26. The van der Waals surface area contributed by atoms with Crippen LogP contribution in [0.25, 0.3) is 0 Å². The summed E-state index contributed by atoms with van der Waals surface area (Å²) in [6.45, 7) is 1.35. The maximum Gasteiger partial charge on any atom is 0.245 e. The highest BCUT2D eigenvalue weighted by molar-refractivity contribution is 5.97. The van der Waals surface area contributed by atoms with Crippen molar-refractivity contribution < 1.29 is 4.79 Å². The molecular formula is C14H14N4O. The van der Waals surface area contributed by atoms with E-state index in [2.05, 4.69) is 11.4 Å². The molecule has 0 radical (unpaired) electrons. The lowest BCUT2D eigenvalue weighted by atomic mass is 10.1. The van der Waals surface area contributed by atoms with Crippen LogP contribution in [0.15, 0.2) is 24.3 Å². The van der Waals surface area contributed by atoms with E-state index in [9.17, 15) is 4.79 Å². The maximum absolute atomic E-state index is 12.3. The van der Waals surface area contributed by atoms with Crippen LogP contribution in [0.3, 0.4) is 0 Å². The number of hydrogen-bond donors (Lipinski definition) is 1. The Morgan fingerprint density at radius 2 is 2.05 bits per heavy atom.